The van der Waals surface area contributed by atoms with Crippen LogP contribution in [0.2, 0.25) is 0 Å². The van der Waals surface area contributed by atoms with Gasteiger partial charge in [-0.15, -0.1) is 0 Å². The summed E-state index contributed by atoms with van der Waals surface area (Å²) < 4.78 is 0. The third kappa shape index (κ3) is 3.30. The van der Waals surface area contributed by atoms with Crippen LogP contribution in [0.1, 0.15) is 52.9 Å². The van der Waals surface area contributed by atoms with Gasteiger partial charge in [0.25, 0.3) is 0 Å². The average Bonchev–Trinajstić information content (AvgIpc) is 2.29. The van der Waals surface area contributed by atoms with E-state index in [4.69, 9.17) is 0 Å². The number of carbonyl (C=O) groups excluding carboxylic acids is 1. The molecule has 2 heteroatoms. The first-order valence-corrected chi connectivity index (χ1v) is 6.35. The molecule has 88 valence electrons. The summed E-state index contributed by atoms with van der Waals surface area (Å²) in [5.41, 5.74) is -0.134. The van der Waals surface area contributed by atoms with Crippen LogP contribution < -0.4 is 0 Å². The number of rotatable bonds is 5. The highest BCUT2D eigenvalue weighted by Gasteiger charge is 2.29. The zero-order valence-corrected chi connectivity index (χ0v) is 10.5. The van der Waals surface area contributed by atoms with Crippen molar-refractivity contribution in [2.24, 2.45) is 5.41 Å². The van der Waals surface area contributed by atoms with Gasteiger partial charge in [0.05, 0.1) is 0 Å². The zero-order valence-electron chi connectivity index (χ0n) is 10.5. The molecule has 0 aliphatic carbocycles. The fourth-order valence-corrected chi connectivity index (χ4v) is 2.43. The Morgan fingerprint density at radius 1 is 1.40 bits per heavy atom. The molecule has 0 aromatic carbocycles. The van der Waals surface area contributed by atoms with Crippen molar-refractivity contribution in [3.63, 3.8) is 0 Å². The van der Waals surface area contributed by atoms with E-state index in [0.29, 0.717) is 6.04 Å². The van der Waals surface area contributed by atoms with Gasteiger partial charge in [-0.3, -0.25) is 4.90 Å². The van der Waals surface area contributed by atoms with Gasteiger partial charge in [-0.2, -0.15) is 0 Å². The quantitative estimate of drug-likeness (QED) is 0.652. The Bertz CT molecular complexity index is 205. The third-order valence-electron chi connectivity index (χ3n) is 3.88. The van der Waals surface area contributed by atoms with Gasteiger partial charge in [-0.05, 0) is 32.2 Å². The summed E-state index contributed by atoms with van der Waals surface area (Å²) in [6, 6.07) is 0.713. The van der Waals surface area contributed by atoms with Crippen LogP contribution in [0.4, 0.5) is 0 Å². The Morgan fingerprint density at radius 3 is 2.67 bits per heavy atom. The van der Waals surface area contributed by atoms with Gasteiger partial charge >= 0.3 is 0 Å². The van der Waals surface area contributed by atoms with Gasteiger partial charge in [0.15, 0.2) is 0 Å². The molecule has 0 spiro atoms. The molecule has 1 aliphatic rings. The summed E-state index contributed by atoms with van der Waals surface area (Å²) >= 11 is 0. The van der Waals surface area contributed by atoms with E-state index in [1.54, 1.807) is 0 Å². The summed E-state index contributed by atoms with van der Waals surface area (Å²) in [6.07, 6.45) is 7.29. The molecular formula is C13H25NO. The van der Waals surface area contributed by atoms with Crippen molar-refractivity contribution in [3.05, 3.63) is 0 Å². The molecule has 1 fully saturated rings. The lowest BCUT2D eigenvalue weighted by atomic mass is 9.87. The van der Waals surface area contributed by atoms with Crippen molar-refractivity contribution >= 4 is 6.29 Å². The van der Waals surface area contributed by atoms with Crippen molar-refractivity contribution in [3.8, 4) is 0 Å². The molecule has 0 bridgehead atoms. The van der Waals surface area contributed by atoms with Crippen LogP contribution in [0.15, 0.2) is 0 Å². The van der Waals surface area contributed by atoms with Crippen LogP contribution in [0.5, 0.6) is 0 Å². The Hall–Kier alpha value is -0.370. The highest BCUT2D eigenvalue weighted by molar-refractivity contribution is 5.58. The summed E-state index contributed by atoms with van der Waals surface area (Å²) in [4.78, 5) is 13.6. The van der Waals surface area contributed by atoms with Gasteiger partial charge in [-0.1, -0.05) is 27.2 Å². The van der Waals surface area contributed by atoms with Gasteiger partial charge in [0.2, 0.25) is 0 Å². The normalized spacial score (nSPS) is 27.3. The molecule has 2 unspecified atom stereocenters. The van der Waals surface area contributed by atoms with Gasteiger partial charge in [0, 0.05) is 18.0 Å². The lowest BCUT2D eigenvalue weighted by Crippen LogP contribution is -2.45. The SMILES string of the molecule is CCC1CCCCN1CC(C)(C=O)CC. The van der Waals surface area contributed by atoms with Gasteiger partial charge < -0.3 is 4.79 Å². The average molecular weight is 211 g/mol. The van der Waals surface area contributed by atoms with Crippen LogP contribution in [-0.2, 0) is 4.79 Å². The minimum Gasteiger partial charge on any atom is -0.303 e. The second kappa shape index (κ2) is 5.64. The number of likely N-dealkylation sites (tertiary alicyclic amines) is 1. The van der Waals surface area contributed by atoms with E-state index >= 15 is 0 Å². The van der Waals surface area contributed by atoms with E-state index in [0.717, 1.165) is 19.3 Å². The maximum atomic E-state index is 11.1. The standard InChI is InChI=1S/C13H25NO/c1-4-12-8-6-7-9-14(12)10-13(3,5-2)11-15/h11-12H,4-10H2,1-3H3. The topological polar surface area (TPSA) is 20.3 Å². The molecular weight excluding hydrogens is 186 g/mol. The van der Waals surface area contributed by atoms with Crippen molar-refractivity contribution in [1.29, 1.82) is 0 Å². The maximum Gasteiger partial charge on any atom is 0.127 e. The first-order valence-electron chi connectivity index (χ1n) is 6.35. The van der Waals surface area contributed by atoms with E-state index in [9.17, 15) is 4.79 Å². The van der Waals surface area contributed by atoms with Crippen molar-refractivity contribution in [2.45, 2.75) is 58.9 Å². The van der Waals surface area contributed by atoms with E-state index in [2.05, 4.69) is 25.7 Å². The highest BCUT2D eigenvalue weighted by Crippen LogP contribution is 2.26. The molecule has 1 heterocycles. The lowest BCUT2D eigenvalue weighted by Gasteiger charge is -2.39. The molecule has 0 saturated carbocycles. The van der Waals surface area contributed by atoms with Crippen LogP contribution in [0, 0.1) is 5.41 Å². The molecule has 0 aromatic heterocycles. The predicted octanol–water partition coefficient (Wildman–Crippen LogP) is 2.87. The molecule has 0 amide bonds. The Labute approximate surface area is 94.0 Å². The zero-order chi connectivity index (χ0) is 11.3. The van der Waals surface area contributed by atoms with E-state index in [1.807, 2.05) is 0 Å². The Balaban J connectivity index is 2.57. The number of hydrogen-bond donors (Lipinski definition) is 0. The summed E-state index contributed by atoms with van der Waals surface area (Å²) in [5.74, 6) is 0. The Morgan fingerprint density at radius 2 is 2.13 bits per heavy atom. The molecule has 2 atom stereocenters. The van der Waals surface area contributed by atoms with E-state index in [1.165, 1.54) is 32.2 Å². The fraction of sp³-hybridized carbons (Fsp3) is 0.923. The van der Waals surface area contributed by atoms with Crippen molar-refractivity contribution in [1.82, 2.24) is 4.90 Å². The molecule has 2 nitrogen and oxygen atoms in total. The summed E-state index contributed by atoms with van der Waals surface area (Å²) in [6.45, 7) is 8.58. The minimum atomic E-state index is -0.134. The number of hydrogen-bond acceptors (Lipinski definition) is 2. The van der Waals surface area contributed by atoms with Crippen molar-refractivity contribution < 1.29 is 4.79 Å². The first kappa shape index (κ1) is 12.7. The van der Waals surface area contributed by atoms with Gasteiger partial charge in [0.1, 0.15) is 6.29 Å². The largest absolute Gasteiger partial charge is 0.303 e. The maximum absolute atomic E-state index is 11.1. The van der Waals surface area contributed by atoms with Crippen LogP contribution in [0.25, 0.3) is 0 Å². The van der Waals surface area contributed by atoms with E-state index in [-0.39, 0.29) is 5.41 Å². The van der Waals surface area contributed by atoms with Gasteiger partial charge in [-0.25, -0.2) is 0 Å². The second-order valence-corrected chi connectivity index (χ2v) is 5.15. The molecule has 0 N–H and O–H groups in total. The number of nitrogens with zero attached hydrogens (tertiary/aromatic N) is 1. The minimum absolute atomic E-state index is 0.134. The predicted molar refractivity (Wildman–Crippen MR) is 64.0 cm³/mol. The van der Waals surface area contributed by atoms with Crippen LogP contribution >= 0.6 is 0 Å². The smallest absolute Gasteiger partial charge is 0.127 e. The molecule has 0 aromatic rings. The monoisotopic (exact) mass is 211 g/mol. The molecule has 1 aliphatic heterocycles. The molecule has 0 radical (unpaired) electrons. The second-order valence-electron chi connectivity index (χ2n) is 5.15. The fourth-order valence-electron chi connectivity index (χ4n) is 2.43. The number of piperidine rings is 1. The number of carbonyl (C=O) groups is 1. The lowest BCUT2D eigenvalue weighted by molar-refractivity contribution is -0.117. The molecule has 15 heavy (non-hydrogen) atoms. The van der Waals surface area contributed by atoms with E-state index < -0.39 is 0 Å². The highest BCUT2D eigenvalue weighted by atomic mass is 16.1. The first-order chi connectivity index (χ1) is 7.15. The molecule has 1 rings (SSSR count). The number of aldehydes is 1. The molecule has 1 saturated heterocycles. The summed E-state index contributed by atoms with van der Waals surface area (Å²) in [5, 5.41) is 0. The van der Waals surface area contributed by atoms with Crippen molar-refractivity contribution in [2.75, 3.05) is 13.1 Å². The summed E-state index contributed by atoms with van der Waals surface area (Å²) in [7, 11) is 0. The van der Waals surface area contributed by atoms with Crippen LogP contribution in [0.3, 0.4) is 0 Å². The Kier molecular flexibility index (Phi) is 4.78. The van der Waals surface area contributed by atoms with Crippen LogP contribution in [-0.4, -0.2) is 30.3 Å². The third-order valence-corrected chi connectivity index (χ3v) is 3.88.